The van der Waals surface area contributed by atoms with Gasteiger partial charge >= 0.3 is 33.3 Å². The van der Waals surface area contributed by atoms with E-state index < -0.39 is 83.7 Å². The van der Waals surface area contributed by atoms with E-state index in [-0.39, 0.29) is 37.3 Å². The minimum atomic E-state index is -5.46. The first kappa shape index (κ1) is 58.5. The second kappa shape index (κ2) is 33.0. The second-order valence-electron chi connectivity index (χ2n) is 16.4. The molecule has 6 N–H and O–H groups in total. The number of carbonyl (C=O) groups excluding carboxylic acids is 3. The van der Waals surface area contributed by atoms with Crippen LogP contribution in [0.15, 0.2) is 65.7 Å². The Morgan fingerprint density at radius 3 is 2.17 bits per heavy atom. The van der Waals surface area contributed by atoms with Crippen molar-refractivity contribution in [3.8, 4) is 0 Å². The number of unbranched alkanes of at least 4 members (excludes halogenated alkanes) is 9. The van der Waals surface area contributed by atoms with E-state index in [1.54, 1.807) is 12.2 Å². The molecule has 0 saturated carbocycles. The third-order valence-corrected chi connectivity index (χ3v) is 12.7. The van der Waals surface area contributed by atoms with Gasteiger partial charge in [0.25, 0.3) is 0 Å². The predicted molar refractivity (Wildman–Crippen MR) is 247 cm³/mol. The highest BCUT2D eigenvalue weighted by molar-refractivity contribution is 7.61. The number of carbonyl (C=O) groups is 3. The van der Waals surface area contributed by atoms with Crippen LogP contribution in [0.3, 0.4) is 0 Å². The fourth-order valence-electron chi connectivity index (χ4n) is 6.45. The number of esters is 2. The molecule has 0 spiro atoms. The maximum Gasteiger partial charge on any atom is 0.481 e. The average Bonchev–Trinajstić information content (AvgIpc) is 3.53. The van der Waals surface area contributed by atoms with Crippen molar-refractivity contribution in [3.63, 3.8) is 0 Å². The molecule has 19 nitrogen and oxygen atoms in total. The highest BCUT2D eigenvalue weighted by Crippen LogP contribution is 2.60. The number of aliphatic hydroxyl groups excluding tert-OH is 2. The van der Waals surface area contributed by atoms with E-state index in [4.69, 9.17) is 29.0 Å². The summed E-state index contributed by atoms with van der Waals surface area (Å²) in [6.07, 6.45) is 22.6. The summed E-state index contributed by atoms with van der Waals surface area (Å²) >= 11 is 0. The van der Waals surface area contributed by atoms with Crippen molar-refractivity contribution in [1.29, 1.82) is 0 Å². The number of hydrogen-bond acceptors (Lipinski definition) is 16. The third-order valence-electron chi connectivity index (χ3n) is 10.1. The molecular formula is C45H73N3O16P2. The quantitative estimate of drug-likeness (QED) is 0.0108. The number of anilines is 1. The molecule has 0 aliphatic carbocycles. The van der Waals surface area contributed by atoms with Crippen molar-refractivity contribution < 1.29 is 71.1 Å². The fraction of sp³-hybridized carbons (Fsp3) is 0.667. The first-order valence-corrected chi connectivity index (χ1v) is 26.0. The molecule has 21 heteroatoms. The minimum Gasteiger partial charge on any atom is -0.462 e. The van der Waals surface area contributed by atoms with Gasteiger partial charge in [0.05, 0.1) is 13.2 Å². The number of ketones is 1. The van der Waals surface area contributed by atoms with Gasteiger partial charge in [-0.25, -0.2) is 13.9 Å². The van der Waals surface area contributed by atoms with Gasteiger partial charge < -0.3 is 39.9 Å². The number of nitrogens with two attached hydrogens (primary N) is 1. The van der Waals surface area contributed by atoms with E-state index in [9.17, 15) is 48.3 Å². The van der Waals surface area contributed by atoms with Crippen LogP contribution in [-0.4, -0.2) is 91.5 Å². The fourth-order valence-corrected chi connectivity index (χ4v) is 8.56. The van der Waals surface area contributed by atoms with Gasteiger partial charge in [-0.1, -0.05) is 121 Å². The summed E-state index contributed by atoms with van der Waals surface area (Å²) in [5, 5.41) is 20.8. The molecule has 2 unspecified atom stereocenters. The Hall–Kier alpha value is -3.61. The molecule has 1 saturated heterocycles. The Morgan fingerprint density at radius 1 is 0.818 bits per heavy atom. The molecule has 0 radical (unpaired) electrons. The van der Waals surface area contributed by atoms with Gasteiger partial charge in [0.2, 0.25) is 0 Å². The van der Waals surface area contributed by atoms with Crippen molar-refractivity contribution >= 4 is 39.2 Å². The van der Waals surface area contributed by atoms with Crippen LogP contribution >= 0.6 is 15.6 Å². The Balaban J connectivity index is 1.87. The van der Waals surface area contributed by atoms with Gasteiger partial charge in [-0.15, -0.1) is 0 Å². The number of nitrogen functional groups attached to an aromatic ring is 1. The average molecular weight is 974 g/mol. The molecule has 66 heavy (non-hydrogen) atoms. The van der Waals surface area contributed by atoms with E-state index in [0.29, 0.717) is 12.3 Å². The molecule has 2 heterocycles. The van der Waals surface area contributed by atoms with Gasteiger partial charge in [-0.2, -0.15) is 9.29 Å². The van der Waals surface area contributed by atoms with Crippen LogP contribution in [0.2, 0.25) is 0 Å². The van der Waals surface area contributed by atoms with Crippen molar-refractivity contribution in [2.75, 3.05) is 25.6 Å². The summed E-state index contributed by atoms with van der Waals surface area (Å²) < 4.78 is 56.3. The number of aliphatic hydroxyl groups is 2. The lowest BCUT2D eigenvalue weighted by Crippen LogP contribution is -2.36. The maximum absolute atomic E-state index is 12.8. The Labute approximate surface area is 388 Å². The number of allylic oxidation sites excluding steroid dienone is 8. The third kappa shape index (κ3) is 26.7. The highest BCUT2D eigenvalue weighted by Gasteiger charge is 2.46. The normalized spacial score (nSPS) is 20.1. The summed E-state index contributed by atoms with van der Waals surface area (Å²) in [4.78, 5) is 73.9. The molecule has 2 rings (SSSR count). The van der Waals surface area contributed by atoms with E-state index in [0.717, 1.165) is 62.1 Å². The van der Waals surface area contributed by atoms with Crippen molar-refractivity contribution in [2.24, 2.45) is 5.92 Å². The maximum atomic E-state index is 12.8. The topological polar surface area (TPSA) is 283 Å². The molecule has 1 aromatic heterocycles. The predicted octanol–water partition coefficient (Wildman–Crippen LogP) is 7.64. The van der Waals surface area contributed by atoms with E-state index >= 15 is 0 Å². The number of aromatic nitrogens is 2. The molecule has 7 atom stereocenters. The van der Waals surface area contributed by atoms with Crippen LogP contribution in [0.4, 0.5) is 5.82 Å². The van der Waals surface area contributed by atoms with Crippen LogP contribution in [0.25, 0.3) is 0 Å². The SMILES string of the molecule is CCCCC/C=C\C/C=C\C/C=C\C=C\C(=O)CCCC(=O)OC[C@H](COP(=O)(O)OP(=O)(O)OC[C@H]1O[C@@H](n2ccc(N)nc2=O)[C@H](O)[C@@H]1O)OC(=O)CCCCCCCCCC(C)C. The van der Waals surface area contributed by atoms with Crippen molar-refractivity contribution in [2.45, 2.75) is 167 Å². The summed E-state index contributed by atoms with van der Waals surface area (Å²) in [7, 11) is -10.9. The van der Waals surface area contributed by atoms with Crippen LogP contribution in [0, 0.1) is 5.92 Å². The lowest BCUT2D eigenvalue weighted by Gasteiger charge is -2.21. The smallest absolute Gasteiger partial charge is 0.462 e. The largest absolute Gasteiger partial charge is 0.481 e. The number of rotatable bonds is 36. The molecular weight excluding hydrogens is 900 g/mol. The minimum absolute atomic E-state index is 0.00272. The van der Waals surface area contributed by atoms with Gasteiger partial charge in [0.1, 0.15) is 30.7 Å². The summed E-state index contributed by atoms with van der Waals surface area (Å²) in [6, 6.07) is 1.23. The number of phosphoric ester groups is 2. The van der Waals surface area contributed by atoms with Crippen LogP contribution < -0.4 is 11.4 Å². The van der Waals surface area contributed by atoms with Gasteiger partial charge in [0, 0.05) is 25.5 Å². The van der Waals surface area contributed by atoms with E-state index in [1.807, 2.05) is 12.2 Å². The monoisotopic (exact) mass is 973 g/mol. The number of ether oxygens (including phenoxy) is 3. The molecule has 1 aliphatic heterocycles. The van der Waals surface area contributed by atoms with E-state index in [1.165, 1.54) is 44.2 Å². The van der Waals surface area contributed by atoms with Gasteiger partial charge in [-0.05, 0) is 56.6 Å². The lowest BCUT2D eigenvalue weighted by atomic mass is 10.0. The number of nitrogens with zero attached hydrogens (tertiary/aromatic N) is 2. The molecule has 0 amide bonds. The zero-order valence-corrected chi connectivity index (χ0v) is 40.4. The Kier molecular flexibility index (Phi) is 29.2. The molecule has 1 aliphatic rings. The number of phosphoric acid groups is 2. The molecule has 374 valence electrons. The molecule has 0 bridgehead atoms. The summed E-state index contributed by atoms with van der Waals surface area (Å²) in [6.45, 7) is 4.05. The Bertz CT molecular complexity index is 1870. The van der Waals surface area contributed by atoms with Gasteiger partial charge in [0.15, 0.2) is 18.1 Å². The van der Waals surface area contributed by atoms with E-state index in [2.05, 4.69) is 48.3 Å². The zero-order valence-electron chi connectivity index (χ0n) is 38.6. The zero-order chi connectivity index (χ0) is 48.8. The molecule has 0 aromatic carbocycles. The lowest BCUT2D eigenvalue weighted by molar-refractivity contribution is -0.161. The van der Waals surface area contributed by atoms with Crippen LogP contribution in [0.5, 0.6) is 0 Å². The molecule has 1 fully saturated rings. The first-order chi connectivity index (χ1) is 31.4. The highest BCUT2D eigenvalue weighted by atomic mass is 31.3. The van der Waals surface area contributed by atoms with Crippen molar-refractivity contribution in [3.05, 3.63) is 71.4 Å². The Morgan fingerprint density at radius 2 is 1.47 bits per heavy atom. The van der Waals surface area contributed by atoms with Gasteiger partial charge in [-0.3, -0.25) is 28.0 Å². The summed E-state index contributed by atoms with van der Waals surface area (Å²) in [5.41, 5.74) is 4.55. The molecule has 1 aromatic rings. The first-order valence-electron chi connectivity index (χ1n) is 23.0. The van der Waals surface area contributed by atoms with Crippen LogP contribution in [-0.2, 0) is 51.1 Å². The number of hydrogen-bond donors (Lipinski definition) is 5. The van der Waals surface area contributed by atoms with Crippen LogP contribution in [0.1, 0.15) is 143 Å². The standard InChI is InChI=1S/C45H73N3O16P2/c1-4-5-6-7-8-9-10-11-12-13-16-19-22-26-36(49)27-24-29-40(50)59-32-37(62-41(51)28-23-20-17-14-15-18-21-25-35(2)3)33-60-65(55,56)64-66(57,58)61-34-38-42(52)43(53)44(63-38)48-31-30-39(46)47-45(48)54/h8-9,11-12,16,19,22,26,30-31,35,37-38,42-44,52-53H,4-7,10,13-15,17-18,20-21,23-25,27-29,32-34H2,1-3H3,(H,55,56)(H,57,58)(H2,46,47,54)/b9-8-,12-11-,19-16-,26-22+/t37-,38-,42-,43-,44-/m1/s1. The summed E-state index contributed by atoms with van der Waals surface area (Å²) in [5.74, 6) is -1.10. The second-order valence-corrected chi connectivity index (χ2v) is 19.5. The van der Waals surface area contributed by atoms with Crippen molar-refractivity contribution in [1.82, 2.24) is 9.55 Å².